The second-order valence-electron chi connectivity index (χ2n) is 3.28. The van der Waals surface area contributed by atoms with Crippen LogP contribution < -0.4 is 5.32 Å². The highest BCUT2D eigenvalue weighted by atomic mass is 32.1. The predicted molar refractivity (Wildman–Crippen MR) is 70.6 cm³/mol. The van der Waals surface area contributed by atoms with Crippen LogP contribution in [0.2, 0.25) is 0 Å². The minimum atomic E-state index is 0.466. The van der Waals surface area contributed by atoms with E-state index in [0.29, 0.717) is 11.6 Å². The summed E-state index contributed by atoms with van der Waals surface area (Å²) < 4.78 is 0. The van der Waals surface area contributed by atoms with Crippen LogP contribution in [0.4, 0.5) is 0 Å². The quantitative estimate of drug-likeness (QED) is 0.468. The molecule has 0 aliphatic carbocycles. The van der Waals surface area contributed by atoms with E-state index in [4.69, 9.17) is 17.1 Å². The number of benzene rings is 1. The summed E-state index contributed by atoms with van der Waals surface area (Å²) in [7, 11) is 0. The van der Waals surface area contributed by atoms with Gasteiger partial charge in [-0.1, -0.05) is 54.6 Å². The largest absolute Gasteiger partial charge is 0.391 e. The Balaban J connectivity index is 2.20. The topological polar surface area (TPSA) is 33.6 Å². The second-order valence-corrected chi connectivity index (χ2v) is 3.72. The first kappa shape index (κ1) is 12.6. The van der Waals surface area contributed by atoms with Crippen LogP contribution in [0, 0.1) is 0 Å². The van der Waals surface area contributed by atoms with Crippen molar-refractivity contribution in [3.8, 4) is 0 Å². The van der Waals surface area contributed by atoms with Crippen LogP contribution in [-0.4, -0.2) is 17.7 Å². The molecule has 0 fully saturated rings. The van der Waals surface area contributed by atoms with Crippen molar-refractivity contribution in [2.75, 3.05) is 6.54 Å². The summed E-state index contributed by atoms with van der Waals surface area (Å²) in [5.41, 5.74) is 1.09. The summed E-state index contributed by atoms with van der Waals surface area (Å²) in [4.78, 5) is 5.72. The molecule has 86 valence electrons. The van der Waals surface area contributed by atoms with Gasteiger partial charge in [0.2, 0.25) is 0 Å². The summed E-state index contributed by atoms with van der Waals surface area (Å²) in [5.74, 6) is 0. The van der Waals surface area contributed by atoms with Gasteiger partial charge in [0.1, 0.15) is 17.8 Å². The van der Waals surface area contributed by atoms with Gasteiger partial charge >= 0.3 is 0 Å². The van der Waals surface area contributed by atoms with Crippen LogP contribution in [0.25, 0.3) is 0 Å². The third-order valence-electron chi connectivity index (χ3n) is 1.87. The third kappa shape index (κ3) is 5.46. The van der Waals surface area contributed by atoms with Gasteiger partial charge in [-0.15, -0.1) is 0 Å². The van der Waals surface area contributed by atoms with Crippen molar-refractivity contribution in [2.24, 2.45) is 5.16 Å². The zero-order valence-corrected chi connectivity index (χ0v) is 10.2. The van der Waals surface area contributed by atoms with Crippen molar-refractivity contribution >= 4 is 23.4 Å². The van der Waals surface area contributed by atoms with Gasteiger partial charge in [0.15, 0.2) is 0 Å². The molecule has 3 nitrogen and oxygen atoms in total. The zero-order chi connectivity index (χ0) is 11.6. The molecule has 0 saturated heterocycles. The molecule has 0 heterocycles. The number of rotatable bonds is 6. The molecule has 16 heavy (non-hydrogen) atoms. The number of hydrogen-bond donors (Lipinski definition) is 1. The normalized spacial score (nSPS) is 10.3. The number of nitrogens with one attached hydrogen (secondary N) is 1. The molecule has 0 radical (unpaired) electrons. The third-order valence-corrected chi connectivity index (χ3v) is 2.12. The van der Waals surface area contributed by atoms with Gasteiger partial charge in [-0.3, -0.25) is 0 Å². The van der Waals surface area contributed by atoms with Crippen LogP contribution in [0.5, 0.6) is 0 Å². The van der Waals surface area contributed by atoms with Gasteiger partial charge in [-0.2, -0.15) is 0 Å². The smallest absolute Gasteiger partial charge is 0.142 e. The predicted octanol–water partition coefficient (Wildman–Crippen LogP) is 2.52. The summed E-state index contributed by atoms with van der Waals surface area (Å²) in [6.07, 6.45) is 2.56. The number of thiocarbonyl (C=S) groups is 1. The fourth-order valence-corrected chi connectivity index (χ4v) is 1.21. The second kappa shape index (κ2) is 7.82. The summed E-state index contributed by atoms with van der Waals surface area (Å²) in [6.45, 7) is 3.41. The van der Waals surface area contributed by atoms with Crippen LogP contribution >= 0.6 is 12.2 Å². The standard InChI is InChI=1S/C12H16N2OS/c1-2-8-13-12(16)9-14-15-10-11-6-4-3-5-7-11/h3-7,9H,2,8,10H2,1H3,(H,13,16). The van der Waals surface area contributed by atoms with Crippen LogP contribution in [-0.2, 0) is 11.4 Å². The number of hydrogen-bond acceptors (Lipinski definition) is 3. The van der Waals surface area contributed by atoms with E-state index in [9.17, 15) is 0 Å². The van der Waals surface area contributed by atoms with E-state index in [1.54, 1.807) is 0 Å². The maximum Gasteiger partial charge on any atom is 0.142 e. The van der Waals surface area contributed by atoms with E-state index < -0.39 is 0 Å². The zero-order valence-electron chi connectivity index (χ0n) is 9.35. The monoisotopic (exact) mass is 236 g/mol. The first-order valence-electron chi connectivity index (χ1n) is 5.30. The lowest BCUT2D eigenvalue weighted by Gasteiger charge is -2.01. The highest BCUT2D eigenvalue weighted by Gasteiger charge is 1.91. The first-order valence-corrected chi connectivity index (χ1v) is 5.71. The van der Waals surface area contributed by atoms with Crippen molar-refractivity contribution < 1.29 is 4.84 Å². The van der Waals surface area contributed by atoms with E-state index >= 15 is 0 Å². The molecule has 1 N–H and O–H groups in total. The van der Waals surface area contributed by atoms with E-state index in [0.717, 1.165) is 18.5 Å². The van der Waals surface area contributed by atoms with Gasteiger partial charge in [0, 0.05) is 6.54 Å². The molecule has 0 aliphatic rings. The molecule has 0 unspecified atom stereocenters. The molecule has 4 heteroatoms. The Morgan fingerprint density at radius 3 is 2.88 bits per heavy atom. The lowest BCUT2D eigenvalue weighted by atomic mass is 10.2. The highest BCUT2D eigenvalue weighted by molar-refractivity contribution is 7.81. The van der Waals surface area contributed by atoms with Gasteiger partial charge in [0.25, 0.3) is 0 Å². The Labute approximate surface area is 101 Å². The Morgan fingerprint density at radius 1 is 1.44 bits per heavy atom. The molecule has 1 aromatic rings. The Kier molecular flexibility index (Phi) is 6.18. The van der Waals surface area contributed by atoms with Gasteiger partial charge in [-0.05, 0) is 12.0 Å². The molecule has 0 saturated carbocycles. The number of nitrogens with zero attached hydrogens (tertiary/aromatic N) is 1. The minimum Gasteiger partial charge on any atom is -0.391 e. The maximum atomic E-state index is 5.11. The van der Waals surface area contributed by atoms with Crippen molar-refractivity contribution in [1.82, 2.24) is 5.32 Å². The van der Waals surface area contributed by atoms with Gasteiger partial charge in [-0.25, -0.2) is 0 Å². The van der Waals surface area contributed by atoms with E-state index in [-0.39, 0.29) is 0 Å². The number of oxime groups is 1. The molecule has 0 amide bonds. The Morgan fingerprint density at radius 2 is 2.19 bits per heavy atom. The maximum absolute atomic E-state index is 5.11. The summed E-state index contributed by atoms with van der Waals surface area (Å²) >= 11 is 5.01. The van der Waals surface area contributed by atoms with E-state index in [2.05, 4.69) is 17.4 Å². The molecule has 0 spiro atoms. The average molecular weight is 236 g/mol. The van der Waals surface area contributed by atoms with Crippen LogP contribution in [0.1, 0.15) is 18.9 Å². The summed E-state index contributed by atoms with van der Waals surface area (Å²) in [6, 6.07) is 9.88. The first-order chi connectivity index (χ1) is 7.83. The lowest BCUT2D eigenvalue weighted by molar-refractivity contribution is 0.132. The summed E-state index contributed by atoms with van der Waals surface area (Å²) in [5, 5.41) is 6.82. The molecule has 0 atom stereocenters. The van der Waals surface area contributed by atoms with Crippen molar-refractivity contribution in [2.45, 2.75) is 20.0 Å². The molecule has 1 aromatic carbocycles. The van der Waals surface area contributed by atoms with Crippen molar-refractivity contribution in [3.05, 3.63) is 35.9 Å². The molecule has 0 aromatic heterocycles. The van der Waals surface area contributed by atoms with E-state index in [1.165, 1.54) is 6.21 Å². The molecule has 0 aliphatic heterocycles. The van der Waals surface area contributed by atoms with Crippen molar-refractivity contribution in [3.63, 3.8) is 0 Å². The fourth-order valence-electron chi connectivity index (χ4n) is 1.07. The SMILES string of the molecule is CCCNC(=S)C=NOCc1ccccc1. The lowest BCUT2D eigenvalue weighted by Crippen LogP contribution is -2.22. The van der Waals surface area contributed by atoms with Gasteiger partial charge in [0.05, 0.1) is 0 Å². The Bertz CT molecular complexity index is 338. The Hall–Kier alpha value is -1.42. The van der Waals surface area contributed by atoms with Crippen LogP contribution in [0.3, 0.4) is 0 Å². The highest BCUT2D eigenvalue weighted by Crippen LogP contribution is 1.99. The van der Waals surface area contributed by atoms with Crippen LogP contribution in [0.15, 0.2) is 35.5 Å². The average Bonchev–Trinajstić information content (AvgIpc) is 2.33. The van der Waals surface area contributed by atoms with Gasteiger partial charge < -0.3 is 10.2 Å². The van der Waals surface area contributed by atoms with Crippen molar-refractivity contribution in [1.29, 1.82) is 0 Å². The fraction of sp³-hybridized carbons (Fsp3) is 0.333. The molecule has 1 rings (SSSR count). The molecular weight excluding hydrogens is 220 g/mol. The molecule has 0 bridgehead atoms. The van der Waals surface area contributed by atoms with E-state index in [1.807, 2.05) is 30.3 Å². The molecular formula is C12H16N2OS. The minimum absolute atomic E-state index is 0.466.